The Morgan fingerprint density at radius 2 is 2.19 bits per heavy atom. The molecule has 1 saturated carbocycles. The van der Waals surface area contributed by atoms with Crippen molar-refractivity contribution < 1.29 is 5.11 Å². The van der Waals surface area contributed by atoms with Gasteiger partial charge >= 0.3 is 0 Å². The van der Waals surface area contributed by atoms with Crippen LogP contribution < -0.4 is 5.73 Å². The van der Waals surface area contributed by atoms with Crippen molar-refractivity contribution in [2.45, 2.75) is 50.8 Å². The molecule has 3 nitrogen and oxygen atoms in total. The zero-order valence-electron chi connectivity index (χ0n) is 12.5. The number of nitrogens with two attached hydrogens (primary N) is 1. The molecule has 4 heteroatoms. The summed E-state index contributed by atoms with van der Waals surface area (Å²) in [5.74, 6) is 0.432. The molecule has 2 fully saturated rings. The third-order valence-electron chi connectivity index (χ3n) is 5.26. The van der Waals surface area contributed by atoms with E-state index >= 15 is 0 Å². The van der Waals surface area contributed by atoms with Crippen LogP contribution in [0.4, 0.5) is 0 Å². The first-order valence-corrected chi connectivity index (χ1v) is 8.40. The fraction of sp³-hybridized carbons (Fsp3) is 0.647. The topological polar surface area (TPSA) is 49.5 Å². The molecule has 0 amide bonds. The number of fused-ring (bicyclic) bond motifs is 1. The van der Waals surface area contributed by atoms with Crippen LogP contribution in [-0.2, 0) is 13.1 Å². The van der Waals surface area contributed by atoms with Crippen LogP contribution >= 0.6 is 11.6 Å². The van der Waals surface area contributed by atoms with E-state index < -0.39 is 5.60 Å². The van der Waals surface area contributed by atoms with E-state index in [0.29, 0.717) is 12.5 Å². The molecule has 0 spiro atoms. The molecular weight excluding hydrogens is 284 g/mol. The van der Waals surface area contributed by atoms with Gasteiger partial charge < -0.3 is 10.8 Å². The van der Waals surface area contributed by atoms with Gasteiger partial charge in [0.05, 0.1) is 5.60 Å². The highest BCUT2D eigenvalue weighted by atomic mass is 35.5. The zero-order chi connectivity index (χ0) is 14.9. The lowest BCUT2D eigenvalue weighted by Gasteiger charge is -2.47. The number of piperidine rings is 1. The zero-order valence-corrected chi connectivity index (χ0v) is 13.3. The van der Waals surface area contributed by atoms with E-state index in [1.54, 1.807) is 0 Å². The van der Waals surface area contributed by atoms with Crippen molar-refractivity contribution in [1.82, 2.24) is 4.90 Å². The molecule has 2 unspecified atom stereocenters. The number of benzene rings is 1. The summed E-state index contributed by atoms with van der Waals surface area (Å²) in [5, 5.41) is 11.5. The minimum Gasteiger partial charge on any atom is -0.390 e. The van der Waals surface area contributed by atoms with E-state index in [0.717, 1.165) is 55.0 Å². The molecule has 1 aliphatic heterocycles. The van der Waals surface area contributed by atoms with Crippen LogP contribution in [0.5, 0.6) is 0 Å². The Hall–Kier alpha value is -0.610. The predicted molar refractivity (Wildman–Crippen MR) is 86.1 cm³/mol. The highest BCUT2D eigenvalue weighted by Gasteiger charge is 2.42. The summed E-state index contributed by atoms with van der Waals surface area (Å²) in [6, 6.07) is 6.12. The number of aliphatic hydroxyl groups is 1. The van der Waals surface area contributed by atoms with E-state index in [9.17, 15) is 5.11 Å². The molecule has 1 aliphatic carbocycles. The van der Waals surface area contributed by atoms with Crippen LogP contribution in [-0.4, -0.2) is 28.7 Å². The maximum absolute atomic E-state index is 10.7. The summed E-state index contributed by atoms with van der Waals surface area (Å²) in [6.45, 7) is 3.35. The highest BCUT2D eigenvalue weighted by molar-refractivity contribution is 6.31. The second-order valence-electron chi connectivity index (χ2n) is 6.66. The first kappa shape index (κ1) is 15.3. The third-order valence-corrected chi connectivity index (χ3v) is 5.61. The van der Waals surface area contributed by atoms with Gasteiger partial charge in [0.15, 0.2) is 0 Å². The predicted octanol–water partition coefficient (Wildman–Crippen LogP) is 2.93. The molecule has 1 aromatic rings. The van der Waals surface area contributed by atoms with Gasteiger partial charge in [-0.3, -0.25) is 4.90 Å². The van der Waals surface area contributed by atoms with Gasteiger partial charge in [0.1, 0.15) is 0 Å². The van der Waals surface area contributed by atoms with Gasteiger partial charge in [-0.25, -0.2) is 0 Å². The van der Waals surface area contributed by atoms with Crippen LogP contribution in [0.2, 0.25) is 5.02 Å². The van der Waals surface area contributed by atoms with Gasteiger partial charge in [-0.1, -0.05) is 36.6 Å². The maximum Gasteiger partial charge on any atom is 0.0700 e. The fourth-order valence-corrected chi connectivity index (χ4v) is 4.13. The minimum absolute atomic E-state index is 0.401. The van der Waals surface area contributed by atoms with Crippen molar-refractivity contribution in [2.75, 3.05) is 13.1 Å². The first-order valence-electron chi connectivity index (χ1n) is 8.03. The van der Waals surface area contributed by atoms with E-state index in [4.69, 9.17) is 17.3 Å². The van der Waals surface area contributed by atoms with Gasteiger partial charge in [-0.05, 0) is 36.5 Å². The van der Waals surface area contributed by atoms with Crippen LogP contribution in [0.1, 0.15) is 43.2 Å². The van der Waals surface area contributed by atoms with Crippen LogP contribution in [0, 0.1) is 5.92 Å². The number of hydrogen-bond donors (Lipinski definition) is 2. The van der Waals surface area contributed by atoms with Crippen molar-refractivity contribution >= 4 is 11.6 Å². The molecule has 2 atom stereocenters. The maximum atomic E-state index is 10.7. The Balaban J connectivity index is 1.66. The van der Waals surface area contributed by atoms with Crippen molar-refractivity contribution in [3.8, 4) is 0 Å². The van der Waals surface area contributed by atoms with Gasteiger partial charge in [-0.15, -0.1) is 0 Å². The van der Waals surface area contributed by atoms with Crippen LogP contribution in [0.25, 0.3) is 0 Å². The number of hydrogen-bond acceptors (Lipinski definition) is 3. The SMILES string of the molecule is NCc1ccc(CN2CCC3(O)CCCCC3C2)c(Cl)c1. The lowest BCUT2D eigenvalue weighted by atomic mass is 9.71. The second kappa shape index (κ2) is 6.25. The van der Waals surface area contributed by atoms with E-state index in [1.807, 2.05) is 6.07 Å². The van der Waals surface area contributed by atoms with Crippen molar-refractivity contribution in [1.29, 1.82) is 0 Å². The molecular formula is C17H25ClN2O. The largest absolute Gasteiger partial charge is 0.390 e. The molecule has 1 saturated heterocycles. The quantitative estimate of drug-likeness (QED) is 0.902. The van der Waals surface area contributed by atoms with Crippen molar-refractivity contribution in [3.05, 3.63) is 34.3 Å². The Bertz CT molecular complexity index is 508. The van der Waals surface area contributed by atoms with E-state index in [1.165, 1.54) is 12.8 Å². The summed E-state index contributed by atoms with van der Waals surface area (Å²) in [7, 11) is 0. The summed E-state index contributed by atoms with van der Waals surface area (Å²) >= 11 is 6.36. The number of nitrogens with zero attached hydrogens (tertiary/aromatic N) is 1. The average molecular weight is 309 g/mol. The molecule has 1 heterocycles. The fourth-order valence-electron chi connectivity index (χ4n) is 3.87. The van der Waals surface area contributed by atoms with Gasteiger partial charge in [0.2, 0.25) is 0 Å². The lowest BCUT2D eigenvalue weighted by Crippen LogP contribution is -2.52. The van der Waals surface area contributed by atoms with E-state index in [2.05, 4.69) is 17.0 Å². The Labute approximate surface area is 132 Å². The second-order valence-corrected chi connectivity index (χ2v) is 7.07. The summed E-state index contributed by atoms with van der Waals surface area (Å²) in [5.41, 5.74) is 7.48. The molecule has 1 aromatic carbocycles. The summed E-state index contributed by atoms with van der Waals surface area (Å²) in [6.07, 6.45) is 5.48. The average Bonchev–Trinajstić information content (AvgIpc) is 2.49. The number of rotatable bonds is 3. The number of likely N-dealkylation sites (tertiary alicyclic amines) is 1. The smallest absolute Gasteiger partial charge is 0.0700 e. The van der Waals surface area contributed by atoms with Crippen molar-refractivity contribution in [3.63, 3.8) is 0 Å². The Morgan fingerprint density at radius 3 is 2.95 bits per heavy atom. The molecule has 116 valence electrons. The molecule has 0 bridgehead atoms. The lowest BCUT2D eigenvalue weighted by molar-refractivity contribution is -0.0967. The molecule has 2 aliphatic rings. The number of halogens is 1. The molecule has 3 rings (SSSR count). The highest BCUT2D eigenvalue weighted by Crippen LogP contribution is 2.40. The van der Waals surface area contributed by atoms with Crippen LogP contribution in [0.15, 0.2) is 18.2 Å². The van der Waals surface area contributed by atoms with Gasteiger partial charge in [0.25, 0.3) is 0 Å². The molecule has 3 N–H and O–H groups in total. The molecule has 0 aromatic heterocycles. The first-order chi connectivity index (χ1) is 10.1. The molecule has 21 heavy (non-hydrogen) atoms. The van der Waals surface area contributed by atoms with E-state index in [-0.39, 0.29) is 0 Å². The third kappa shape index (κ3) is 3.26. The van der Waals surface area contributed by atoms with Crippen molar-refractivity contribution in [2.24, 2.45) is 11.7 Å². The molecule has 0 radical (unpaired) electrons. The normalized spacial score (nSPS) is 30.1. The van der Waals surface area contributed by atoms with Crippen LogP contribution in [0.3, 0.4) is 0 Å². The van der Waals surface area contributed by atoms with Gasteiger partial charge in [-0.2, -0.15) is 0 Å². The standard InChI is InChI=1S/C17H25ClN2O/c18-16-9-13(10-19)4-5-14(16)11-20-8-7-17(21)6-2-1-3-15(17)12-20/h4-5,9,15,21H,1-3,6-8,10-12,19H2. The van der Waals surface area contributed by atoms with Gasteiger partial charge in [0, 0.05) is 37.1 Å². The monoisotopic (exact) mass is 308 g/mol. The Kier molecular flexibility index (Phi) is 4.55. The summed E-state index contributed by atoms with van der Waals surface area (Å²) < 4.78 is 0. The minimum atomic E-state index is -0.401. The summed E-state index contributed by atoms with van der Waals surface area (Å²) in [4.78, 5) is 2.44. The Morgan fingerprint density at radius 1 is 1.33 bits per heavy atom.